The molecular weight excluding hydrogens is 198 g/mol. The minimum atomic E-state index is -0.505. The third kappa shape index (κ3) is 3.03. The van der Waals surface area contributed by atoms with Gasteiger partial charge in [-0.3, -0.25) is 0 Å². The van der Waals surface area contributed by atoms with Gasteiger partial charge in [0.15, 0.2) is 5.69 Å². The Hall–Kier alpha value is -1.03. The molecule has 0 saturated heterocycles. The van der Waals surface area contributed by atoms with E-state index in [9.17, 15) is 4.79 Å². The Morgan fingerprint density at radius 2 is 2.14 bits per heavy atom. The van der Waals surface area contributed by atoms with Crippen molar-refractivity contribution < 1.29 is 9.53 Å². The Kier molecular flexibility index (Phi) is 3.16. The molecule has 0 aliphatic heterocycles. The van der Waals surface area contributed by atoms with E-state index in [1.165, 1.54) is 0 Å². The van der Waals surface area contributed by atoms with E-state index in [1.807, 2.05) is 20.8 Å². The van der Waals surface area contributed by atoms with Crippen LogP contribution in [0.5, 0.6) is 0 Å². The molecule has 0 aliphatic carbocycles. The average Bonchev–Trinajstić information content (AvgIpc) is 2.01. The van der Waals surface area contributed by atoms with Crippen LogP contribution in [0.3, 0.4) is 0 Å². The Morgan fingerprint density at radius 1 is 1.50 bits per heavy atom. The summed E-state index contributed by atoms with van der Waals surface area (Å²) in [6.07, 6.45) is 1.54. The van der Waals surface area contributed by atoms with Gasteiger partial charge in [0, 0.05) is 11.1 Å². The van der Waals surface area contributed by atoms with Crippen molar-refractivity contribution in [2.45, 2.75) is 31.3 Å². The number of rotatable bonds is 1. The summed E-state index contributed by atoms with van der Waals surface area (Å²) >= 11 is 4.12. The van der Waals surface area contributed by atoms with Crippen LogP contribution in [-0.4, -0.2) is 16.6 Å². The van der Waals surface area contributed by atoms with Gasteiger partial charge in [-0.25, -0.2) is 9.78 Å². The van der Waals surface area contributed by atoms with E-state index in [4.69, 9.17) is 4.74 Å². The van der Waals surface area contributed by atoms with Crippen molar-refractivity contribution in [1.82, 2.24) is 4.98 Å². The molecule has 14 heavy (non-hydrogen) atoms. The van der Waals surface area contributed by atoms with Crippen molar-refractivity contribution in [3.8, 4) is 0 Å². The van der Waals surface area contributed by atoms with Crippen LogP contribution in [0.2, 0.25) is 0 Å². The number of thiol groups is 1. The number of aromatic nitrogens is 1. The van der Waals surface area contributed by atoms with E-state index in [1.54, 1.807) is 18.3 Å². The number of hydrogen-bond acceptors (Lipinski definition) is 4. The van der Waals surface area contributed by atoms with Gasteiger partial charge in [0.2, 0.25) is 0 Å². The summed E-state index contributed by atoms with van der Waals surface area (Å²) in [6, 6.07) is 3.42. The Bertz CT molecular complexity index is 344. The van der Waals surface area contributed by atoms with Gasteiger partial charge in [0.05, 0.1) is 0 Å². The SMILES string of the molecule is CC(C)(C)OC(=O)c1ncccc1S. The van der Waals surface area contributed by atoms with E-state index in [0.29, 0.717) is 4.90 Å². The number of ether oxygens (including phenoxy) is 1. The summed E-state index contributed by atoms with van der Waals surface area (Å²) in [5.41, 5.74) is -0.250. The summed E-state index contributed by atoms with van der Waals surface area (Å²) in [6.45, 7) is 5.43. The molecule has 0 saturated carbocycles. The maximum absolute atomic E-state index is 11.5. The summed E-state index contributed by atoms with van der Waals surface area (Å²) < 4.78 is 5.15. The molecule has 1 aromatic rings. The highest BCUT2D eigenvalue weighted by molar-refractivity contribution is 7.80. The lowest BCUT2D eigenvalue weighted by Crippen LogP contribution is -2.24. The van der Waals surface area contributed by atoms with E-state index in [0.717, 1.165) is 0 Å². The van der Waals surface area contributed by atoms with Crippen LogP contribution in [-0.2, 0) is 4.74 Å². The van der Waals surface area contributed by atoms with Crippen LogP contribution in [0.15, 0.2) is 23.2 Å². The van der Waals surface area contributed by atoms with Crippen molar-refractivity contribution >= 4 is 18.6 Å². The molecule has 4 heteroatoms. The molecule has 0 atom stereocenters. The van der Waals surface area contributed by atoms with Gasteiger partial charge in [0.1, 0.15) is 5.60 Å². The van der Waals surface area contributed by atoms with Gasteiger partial charge in [-0.05, 0) is 32.9 Å². The summed E-state index contributed by atoms with van der Waals surface area (Å²) in [5.74, 6) is -0.442. The number of pyridine rings is 1. The first-order chi connectivity index (χ1) is 6.40. The van der Waals surface area contributed by atoms with Crippen LogP contribution in [0.1, 0.15) is 31.3 Å². The van der Waals surface area contributed by atoms with Gasteiger partial charge in [-0.1, -0.05) is 0 Å². The Labute approximate surface area is 88.9 Å². The fourth-order valence-electron chi connectivity index (χ4n) is 0.881. The number of carbonyl (C=O) groups excluding carboxylic acids is 1. The fraction of sp³-hybridized carbons (Fsp3) is 0.400. The number of hydrogen-bond donors (Lipinski definition) is 1. The smallest absolute Gasteiger partial charge is 0.358 e. The second kappa shape index (κ2) is 4.00. The number of carbonyl (C=O) groups is 1. The first-order valence-corrected chi connectivity index (χ1v) is 4.72. The molecule has 0 radical (unpaired) electrons. The summed E-state index contributed by atoms with van der Waals surface area (Å²) in [5, 5.41) is 0. The van der Waals surface area contributed by atoms with Gasteiger partial charge in [-0.15, -0.1) is 12.6 Å². The van der Waals surface area contributed by atoms with E-state index >= 15 is 0 Å². The zero-order valence-corrected chi connectivity index (χ0v) is 9.34. The lowest BCUT2D eigenvalue weighted by molar-refractivity contribution is 0.00586. The summed E-state index contributed by atoms with van der Waals surface area (Å²) in [7, 11) is 0. The number of nitrogens with zero attached hydrogens (tertiary/aromatic N) is 1. The van der Waals surface area contributed by atoms with Crippen LogP contribution in [0.4, 0.5) is 0 Å². The van der Waals surface area contributed by atoms with Crippen LogP contribution in [0.25, 0.3) is 0 Å². The molecule has 0 amide bonds. The highest BCUT2D eigenvalue weighted by Crippen LogP contribution is 2.15. The molecule has 76 valence electrons. The third-order valence-electron chi connectivity index (χ3n) is 1.38. The Morgan fingerprint density at radius 3 is 2.64 bits per heavy atom. The highest BCUT2D eigenvalue weighted by Gasteiger charge is 2.20. The van der Waals surface area contributed by atoms with Gasteiger partial charge < -0.3 is 4.74 Å². The monoisotopic (exact) mass is 211 g/mol. The molecule has 0 bridgehead atoms. The standard InChI is InChI=1S/C10H13NO2S/c1-10(2,3)13-9(12)8-7(14)5-4-6-11-8/h4-6,14H,1-3H3. The van der Waals surface area contributed by atoms with Crippen LogP contribution < -0.4 is 0 Å². The molecular formula is C10H13NO2S. The van der Waals surface area contributed by atoms with E-state index < -0.39 is 11.6 Å². The molecule has 1 heterocycles. The van der Waals surface area contributed by atoms with Gasteiger partial charge >= 0.3 is 5.97 Å². The van der Waals surface area contributed by atoms with E-state index in [2.05, 4.69) is 17.6 Å². The molecule has 0 unspecified atom stereocenters. The maximum atomic E-state index is 11.5. The molecule has 0 aromatic carbocycles. The van der Waals surface area contributed by atoms with Gasteiger partial charge in [0.25, 0.3) is 0 Å². The second-order valence-corrected chi connectivity index (χ2v) is 4.35. The lowest BCUT2D eigenvalue weighted by Gasteiger charge is -2.19. The first kappa shape index (κ1) is 11.0. The minimum absolute atomic E-state index is 0.255. The van der Waals surface area contributed by atoms with Crippen molar-refractivity contribution in [2.75, 3.05) is 0 Å². The zero-order valence-electron chi connectivity index (χ0n) is 8.44. The van der Waals surface area contributed by atoms with Crippen LogP contribution >= 0.6 is 12.6 Å². The topological polar surface area (TPSA) is 39.2 Å². The van der Waals surface area contributed by atoms with Crippen molar-refractivity contribution in [2.24, 2.45) is 0 Å². The largest absolute Gasteiger partial charge is 0.455 e. The van der Waals surface area contributed by atoms with Crippen molar-refractivity contribution in [3.63, 3.8) is 0 Å². The minimum Gasteiger partial charge on any atom is -0.455 e. The predicted molar refractivity (Wildman–Crippen MR) is 56.7 cm³/mol. The lowest BCUT2D eigenvalue weighted by atomic mass is 10.2. The fourth-order valence-corrected chi connectivity index (χ4v) is 1.12. The molecule has 0 N–H and O–H groups in total. The van der Waals surface area contributed by atoms with Crippen LogP contribution in [0, 0.1) is 0 Å². The highest BCUT2D eigenvalue weighted by atomic mass is 32.1. The molecule has 1 aromatic heterocycles. The van der Waals surface area contributed by atoms with Crippen molar-refractivity contribution in [3.05, 3.63) is 24.0 Å². The normalized spacial score (nSPS) is 11.1. The molecule has 3 nitrogen and oxygen atoms in total. The van der Waals surface area contributed by atoms with Gasteiger partial charge in [-0.2, -0.15) is 0 Å². The molecule has 0 spiro atoms. The van der Waals surface area contributed by atoms with Crippen molar-refractivity contribution in [1.29, 1.82) is 0 Å². The third-order valence-corrected chi connectivity index (χ3v) is 1.74. The first-order valence-electron chi connectivity index (χ1n) is 4.27. The quantitative estimate of drug-likeness (QED) is 0.572. The number of esters is 1. The Balaban J connectivity index is 2.86. The predicted octanol–water partition coefficient (Wildman–Crippen LogP) is 2.33. The maximum Gasteiger partial charge on any atom is 0.358 e. The van der Waals surface area contributed by atoms with E-state index in [-0.39, 0.29) is 5.69 Å². The summed E-state index contributed by atoms with van der Waals surface area (Å²) in [4.78, 5) is 16.0. The molecule has 0 aliphatic rings. The zero-order chi connectivity index (χ0) is 10.8. The molecule has 1 rings (SSSR count). The second-order valence-electron chi connectivity index (χ2n) is 3.87. The average molecular weight is 211 g/mol. The molecule has 0 fully saturated rings.